The van der Waals surface area contributed by atoms with Gasteiger partial charge >= 0.3 is 0 Å². The van der Waals surface area contributed by atoms with E-state index in [4.69, 9.17) is 15.3 Å². The van der Waals surface area contributed by atoms with E-state index in [-0.39, 0.29) is 13.2 Å². The Morgan fingerprint density at radius 2 is 1.38 bits per heavy atom. The summed E-state index contributed by atoms with van der Waals surface area (Å²) in [5.41, 5.74) is 0. The van der Waals surface area contributed by atoms with Crippen molar-refractivity contribution in [3.05, 3.63) is 0 Å². The third-order valence-corrected chi connectivity index (χ3v) is 1.82. The van der Waals surface area contributed by atoms with E-state index >= 15 is 0 Å². The highest BCUT2D eigenvalue weighted by molar-refractivity contribution is 4.80. The van der Waals surface area contributed by atoms with Gasteiger partial charge in [-0.05, 0) is 0 Å². The molecule has 16 heavy (non-hydrogen) atoms. The standard InChI is InChI=1S/C8H18O8/c9-1-2-15-16-4-6(12)8(14)7(13)5(11)3-10/h5-14H,1-4H2/t5-,6+,7-,8-/m1/s1. The quantitative estimate of drug-likeness (QED) is 0.138. The Bertz CT molecular complexity index is 166. The van der Waals surface area contributed by atoms with Gasteiger partial charge in [-0.25, -0.2) is 9.78 Å². The zero-order valence-corrected chi connectivity index (χ0v) is 8.64. The molecule has 0 saturated heterocycles. The second kappa shape index (κ2) is 8.79. The lowest BCUT2D eigenvalue weighted by molar-refractivity contribution is -0.314. The number of aliphatic hydroxyl groups is 6. The van der Waals surface area contributed by atoms with Crippen molar-refractivity contribution in [1.82, 2.24) is 0 Å². The molecule has 0 fully saturated rings. The summed E-state index contributed by atoms with van der Waals surface area (Å²) in [7, 11) is 0. The zero-order valence-electron chi connectivity index (χ0n) is 8.64. The van der Waals surface area contributed by atoms with Crippen molar-refractivity contribution < 1.29 is 40.4 Å². The van der Waals surface area contributed by atoms with Crippen molar-refractivity contribution in [1.29, 1.82) is 0 Å². The van der Waals surface area contributed by atoms with Gasteiger partial charge in [0.05, 0.1) is 13.2 Å². The van der Waals surface area contributed by atoms with Crippen LogP contribution in [0.2, 0.25) is 0 Å². The van der Waals surface area contributed by atoms with Gasteiger partial charge in [-0.2, -0.15) is 0 Å². The van der Waals surface area contributed by atoms with Crippen LogP contribution in [-0.4, -0.2) is 81.5 Å². The van der Waals surface area contributed by atoms with Gasteiger partial charge in [-0.3, -0.25) is 0 Å². The third kappa shape index (κ3) is 5.68. The molecule has 0 aliphatic heterocycles. The lowest BCUT2D eigenvalue weighted by atomic mass is 10.0. The summed E-state index contributed by atoms with van der Waals surface area (Å²) < 4.78 is 0. The normalized spacial score (nSPS) is 19.1. The molecule has 6 N–H and O–H groups in total. The maximum Gasteiger partial charge on any atom is 0.111 e. The predicted molar refractivity (Wildman–Crippen MR) is 50.1 cm³/mol. The molecule has 0 spiro atoms. The summed E-state index contributed by atoms with van der Waals surface area (Å²) in [6.45, 7) is -1.54. The molecule has 8 heteroatoms. The molecule has 0 amide bonds. The number of aliphatic hydroxyl groups excluding tert-OH is 6. The van der Waals surface area contributed by atoms with Crippen LogP contribution >= 0.6 is 0 Å². The minimum absolute atomic E-state index is 0.0926. The van der Waals surface area contributed by atoms with Crippen LogP contribution in [0.5, 0.6) is 0 Å². The highest BCUT2D eigenvalue weighted by atomic mass is 17.2. The summed E-state index contributed by atoms with van der Waals surface area (Å²) in [6, 6.07) is 0. The Balaban J connectivity index is 3.83. The summed E-state index contributed by atoms with van der Waals surface area (Å²) in [4.78, 5) is 8.75. The van der Waals surface area contributed by atoms with Crippen LogP contribution in [0.3, 0.4) is 0 Å². The molecule has 0 aliphatic rings. The monoisotopic (exact) mass is 242 g/mol. The highest BCUT2D eigenvalue weighted by Crippen LogP contribution is 2.05. The molecule has 8 nitrogen and oxygen atoms in total. The molecule has 0 unspecified atom stereocenters. The van der Waals surface area contributed by atoms with Crippen LogP contribution in [0.15, 0.2) is 0 Å². The average molecular weight is 242 g/mol. The summed E-state index contributed by atoms with van der Waals surface area (Å²) >= 11 is 0. The lowest BCUT2D eigenvalue weighted by Crippen LogP contribution is -2.47. The van der Waals surface area contributed by atoms with E-state index < -0.39 is 37.6 Å². The van der Waals surface area contributed by atoms with Crippen molar-refractivity contribution in [2.45, 2.75) is 24.4 Å². The molecule has 4 atom stereocenters. The number of hydrogen-bond acceptors (Lipinski definition) is 8. The fourth-order valence-corrected chi connectivity index (χ4v) is 0.876. The predicted octanol–water partition coefficient (Wildman–Crippen LogP) is -3.64. The third-order valence-electron chi connectivity index (χ3n) is 1.82. The summed E-state index contributed by atoms with van der Waals surface area (Å²) in [5.74, 6) is 0. The van der Waals surface area contributed by atoms with Crippen LogP contribution in [-0.2, 0) is 9.78 Å². The van der Waals surface area contributed by atoms with Crippen molar-refractivity contribution in [3.8, 4) is 0 Å². The van der Waals surface area contributed by atoms with Crippen molar-refractivity contribution in [2.75, 3.05) is 26.4 Å². The zero-order chi connectivity index (χ0) is 12.6. The Morgan fingerprint density at radius 3 is 1.88 bits per heavy atom. The maximum atomic E-state index is 9.29. The second-order valence-electron chi connectivity index (χ2n) is 3.13. The highest BCUT2D eigenvalue weighted by Gasteiger charge is 2.30. The first-order chi connectivity index (χ1) is 7.54. The molecule has 98 valence electrons. The summed E-state index contributed by atoms with van der Waals surface area (Å²) in [5, 5.41) is 53.5. The largest absolute Gasteiger partial charge is 0.394 e. The van der Waals surface area contributed by atoms with E-state index in [0.717, 1.165) is 0 Å². The van der Waals surface area contributed by atoms with E-state index in [2.05, 4.69) is 9.78 Å². The first kappa shape index (κ1) is 15.7. The molecule has 0 aromatic heterocycles. The van der Waals surface area contributed by atoms with Gasteiger partial charge < -0.3 is 30.6 Å². The van der Waals surface area contributed by atoms with E-state index in [0.29, 0.717) is 0 Å². The Hall–Kier alpha value is -0.320. The van der Waals surface area contributed by atoms with Crippen molar-refractivity contribution >= 4 is 0 Å². The first-order valence-electron chi connectivity index (χ1n) is 4.73. The molecule has 0 bridgehead atoms. The Kier molecular flexibility index (Phi) is 8.61. The minimum atomic E-state index is -1.69. The van der Waals surface area contributed by atoms with Crippen LogP contribution < -0.4 is 0 Å². The van der Waals surface area contributed by atoms with Gasteiger partial charge in [0.25, 0.3) is 0 Å². The number of rotatable bonds is 9. The second-order valence-corrected chi connectivity index (χ2v) is 3.13. The fraction of sp³-hybridized carbons (Fsp3) is 1.00. The molecule has 0 aliphatic carbocycles. The maximum absolute atomic E-state index is 9.29. The van der Waals surface area contributed by atoms with Crippen LogP contribution in [0.1, 0.15) is 0 Å². The molecule has 0 heterocycles. The first-order valence-corrected chi connectivity index (χ1v) is 4.73. The smallest absolute Gasteiger partial charge is 0.111 e. The molecular formula is C8H18O8. The molecule has 0 radical (unpaired) electrons. The molecule has 0 aromatic rings. The van der Waals surface area contributed by atoms with Crippen molar-refractivity contribution in [3.63, 3.8) is 0 Å². The van der Waals surface area contributed by atoms with Gasteiger partial charge in [0.15, 0.2) is 0 Å². The topological polar surface area (TPSA) is 140 Å². The van der Waals surface area contributed by atoms with Crippen molar-refractivity contribution in [2.24, 2.45) is 0 Å². The van der Waals surface area contributed by atoms with Gasteiger partial charge in [0.1, 0.15) is 37.6 Å². The molecular weight excluding hydrogens is 224 g/mol. The van der Waals surface area contributed by atoms with Gasteiger partial charge in [0.2, 0.25) is 0 Å². The molecule has 0 saturated carbocycles. The Morgan fingerprint density at radius 1 is 0.812 bits per heavy atom. The molecule has 0 aromatic carbocycles. The van der Waals surface area contributed by atoms with Crippen LogP contribution in [0, 0.1) is 0 Å². The van der Waals surface area contributed by atoms with Gasteiger partial charge in [-0.1, -0.05) is 0 Å². The summed E-state index contributed by atoms with van der Waals surface area (Å²) in [6.07, 6.45) is -6.42. The fourth-order valence-electron chi connectivity index (χ4n) is 0.876. The lowest BCUT2D eigenvalue weighted by Gasteiger charge is -2.25. The van der Waals surface area contributed by atoms with Crippen LogP contribution in [0.25, 0.3) is 0 Å². The minimum Gasteiger partial charge on any atom is -0.394 e. The van der Waals surface area contributed by atoms with Crippen LogP contribution in [0.4, 0.5) is 0 Å². The SMILES string of the molecule is OCCOOC[C@H](O)[C@@H](O)[C@H](O)[C@H](O)CO. The van der Waals surface area contributed by atoms with Gasteiger partial charge in [0, 0.05) is 0 Å². The average Bonchev–Trinajstić information content (AvgIpc) is 2.31. The number of hydrogen-bond donors (Lipinski definition) is 6. The van der Waals surface area contributed by atoms with Gasteiger partial charge in [-0.15, -0.1) is 0 Å². The molecule has 0 rings (SSSR count). The van der Waals surface area contributed by atoms with E-state index in [1.807, 2.05) is 0 Å². The van der Waals surface area contributed by atoms with E-state index in [9.17, 15) is 15.3 Å². The Labute approximate surface area is 92.2 Å². The van der Waals surface area contributed by atoms with E-state index in [1.54, 1.807) is 0 Å². The van der Waals surface area contributed by atoms with E-state index in [1.165, 1.54) is 0 Å².